The van der Waals surface area contributed by atoms with Gasteiger partial charge in [-0.3, -0.25) is 4.79 Å². The molecule has 1 amide bonds. The fourth-order valence-corrected chi connectivity index (χ4v) is 3.31. The second kappa shape index (κ2) is 4.49. The monoisotopic (exact) mass is 245 g/mol. The maximum atomic E-state index is 12.2. The van der Waals surface area contributed by atoms with Gasteiger partial charge in [-0.05, 0) is 36.8 Å². The van der Waals surface area contributed by atoms with Crippen LogP contribution in [0.15, 0.2) is 35.7 Å². The third-order valence-electron chi connectivity index (χ3n) is 3.50. The summed E-state index contributed by atoms with van der Waals surface area (Å²) in [5.41, 5.74) is 0. The molecule has 1 saturated heterocycles. The van der Waals surface area contributed by atoms with Crippen LogP contribution in [0, 0.1) is 0 Å². The van der Waals surface area contributed by atoms with Crippen molar-refractivity contribution in [3.05, 3.63) is 40.6 Å². The number of thiophene rings is 1. The first-order valence-electron chi connectivity index (χ1n) is 6.05. The van der Waals surface area contributed by atoms with E-state index < -0.39 is 0 Å². The maximum Gasteiger partial charge on any atom is 0.247 e. The molecule has 0 unspecified atom stereocenters. The SMILES string of the molecule is O=C(/C=C/c1cccs1)N1[C@H]2CC=C[C@H]1CC2. The topological polar surface area (TPSA) is 20.3 Å². The summed E-state index contributed by atoms with van der Waals surface area (Å²) >= 11 is 1.66. The Morgan fingerprint density at radius 2 is 2.41 bits per heavy atom. The van der Waals surface area contributed by atoms with E-state index in [2.05, 4.69) is 12.2 Å². The molecule has 17 heavy (non-hydrogen) atoms. The summed E-state index contributed by atoms with van der Waals surface area (Å²) in [6.07, 6.45) is 11.3. The molecule has 1 aromatic heterocycles. The van der Waals surface area contributed by atoms with E-state index in [0.29, 0.717) is 12.1 Å². The summed E-state index contributed by atoms with van der Waals surface area (Å²) in [4.78, 5) is 15.3. The van der Waals surface area contributed by atoms with Gasteiger partial charge in [0.25, 0.3) is 0 Å². The molecule has 0 aliphatic carbocycles. The molecule has 0 saturated carbocycles. The molecule has 3 heteroatoms. The first kappa shape index (κ1) is 10.8. The number of fused-ring (bicyclic) bond motifs is 2. The second-order valence-corrected chi connectivity index (χ2v) is 5.54. The van der Waals surface area contributed by atoms with Gasteiger partial charge in [-0.25, -0.2) is 0 Å². The van der Waals surface area contributed by atoms with Gasteiger partial charge in [0.1, 0.15) is 0 Å². The highest BCUT2D eigenvalue weighted by Crippen LogP contribution is 2.31. The van der Waals surface area contributed by atoms with E-state index in [1.807, 2.05) is 28.5 Å². The van der Waals surface area contributed by atoms with Crippen LogP contribution in [0.2, 0.25) is 0 Å². The molecule has 88 valence electrons. The Hall–Kier alpha value is -1.35. The van der Waals surface area contributed by atoms with E-state index in [4.69, 9.17) is 0 Å². The van der Waals surface area contributed by atoms with Crippen molar-refractivity contribution in [1.29, 1.82) is 0 Å². The zero-order chi connectivity index (χ0) is 11.7. The third-order valence-corrected chi connectivity index (χ3v) is 4.34. The van der Waals surface area contributed by atoms with Crippen molar-refractivity contribution in [2.24, 2.45) is 0 Å². The van der Waals surface area contributed by atoms with Crippen molar-refractivity contribution in [2.45, 2.75) is 31.3 Å². The maximum absolute atomic E-state index is 12.2. The average molecular weight is 245 g/mol. The fourth-order valence-electron chi connectivity index (χ4n) is 2.69. The summed E-state index contributed by atoms with van der Waals surface area (Å²) < 4.78 is 0. The number of nitrogens with zero attached hydrogens (tertiary/aromatic N) is 1. The Morgan fingerprint density at radius 3 is 3.18 bits per heavy atom. The van der Waals surface area contributed by atoms with Crippen LogP contribution in [-0.2, 0) is 4.79 Å². The van der Waals surface area contributed by atoms with Crippen LogP contribution in [-0.4, -0.2) is 22.9 Å². The molecule has 3 rings (SSSR count). The smallest absolute Gasteiger partial charge is 0.247 e. The summed E-state index contributed by atoms with van der Waals surface area (Å²) in [5.74, 6) is 0.162. The standard InChI is InChI=1S/C14H15NOS/c16-14(9-8-13-5-2-10-17-13)15-11-3-1-4-12(15)7-6-11/h1-3,5,8-12H,4,6-7H2/b9-8+/t11-,12-/m0/s1. The van der Waals surface area contributed by atoms with Crippen LogP contribution < -0.4 is 0 Å². The van der Waals surface area contributed by atoms with Crippen molar-refractivity contribution >= 4 is 23.3 Å². The highest BCUT2D eigenvalue weighted by molar-refractivity contribution is 7.10. The number of carbonyl (C=O) groups is 1. The van der Waals surface area contributed by atoms with Crippen LogP contribution in [0.5, 0.6) is 0 Å². The Balaban J connectivity index is 1.73. The van der Waals surface area contributed by atoms with Gasteiger partial charge in [0.2, 0.25) is 5.91 Å². The van der Waals surface area contributed by atoms with Gasteiger partial charge in [-0.15, -0.1) is 11.3 Å². The van der Waals surface area contributed by atoms with Gasteiger partial charge < -0.3 is 4.90 Å². The number of rotatable bonds is 2. The molecule has 0 N–H and O–H groups in total. The highest BCUT2D eigenvalue weighted by Gasteiger charge is 2.35. The predicted molar refractivity (Wildman–Crippen MR) is 70.8 cm³/mol. The van der Waals surface area contributed by atoms with E-state index in [1.165, 1.54) is 0 Å². The van der Waals surface area contributed by atoms with Gasteiger partial charge >= 0.3 is 0 Å². The zero-order valence-electron chi connectivity index (χ0n) is 9.58. The predicted octanol–water partition coefficient (Wildman–Crippen LogP) is 3.08. The molecule has 0 spiro atoms. The molecule has 0 aromatic carbocycles. The largest absolute Gasteiger partial charge is 0.329 e. The van der Waals surface area contributed by atoms with E-state index in [9.17, 15) is 4.79 Å². The van der Waals surface area contributed by atoms with Crippen LogP contribution in [0.25, 0.3) is 6.08 Å². The van der Waals surface area contributed by atoms with Crippen LogP contribution in [0.3, 0.4) is 0 Å². The second-order valence-electron chi connectivity index (χ2n) is 4.56. The Kier molecular flexibility index (Phi) is 2.85. The first-order chi connectivity index (χ1) is 8.34. The van der Waals surface area contributed by atoms with Gasteiger partial charge in [-0.1, -0.05) is 18.2 Å². The molecular formula is C14H15NOS. The minimum Gasteiger partial charge on any atom is -0.329 e. The van der Waals surface area contributed by atoms with Crippen molar-refractivity contribution in [3.63, 3.8) is 0 Å². The lowest BCUT2D eigenvalue weighted by molar-refractivity contribution is -0.128. The summed E-state index contributed by atoms with van der Waals surface area (Å²) in [7, 11) is 0. The molecule has 3 heterocycles. The number of carbonyl (C=O) groups excluding carboxylic acids is 1. The van der Waals surface area contributed by atoms with Gasteiger partial charge in [0, 0.05) is 17.0 Å². The number of amides is 1. The molecule has 1 fully saturated rings. The quantitative estimate of drug-likeness (QED) is 0.579. The lowest BCUT2D eigenvalue weighted by Crippen LogP contribution is -2.41. The Labute approximate surface area is 105 Å². The molecule has 2 nitrogen and oxygen atoms in total. The Bertz CT molecular complexity index is 461. The minimum absolute atomic E-state index is 0.162. The van der Waals surface area contributed by atoms with Gasteiger partial charge in [0.15, 0.2) is 0 Å². The van der Waals surface area contributed by atoms with E-state index in [-0.39, 0.29) is 5.91 Å². The van der Waals surface area contributed by atoms with Crippen LogP contribution in [0.4, 0.5) is 0 Å². The van der Waals surface area contributed by atoms with E-state index in [0.717, 1.165) is 24.1 Å². The van der Waals surface area contributed by atoms with E-state index in [1.54, 1.807) is 17.4 Å². The lowest BCUT2D eigenvalue weighted by atomic mass is 10.1. The summed E-state index contributed by atoms with van der Waals surface area (Å²) in [5, 5.41) is 2.03. The normalized spacial score (nSPS) is 26.9. The molecule has 0 radical (unpaired) electrons. The molecule has 2 bridgehead atoms. The fraction of sp³-hybridized carbons (Fsp3) is 0.357. The average Bonchev–Trinajstić information content (AvgIpc) is 2.93. The number of hydrogen-bond acceptors (Lipinski definition) is 2. The van der Waals surface area contributed by atoms with Crippen molar-refractivity contribution < 1.29 is 4.79 Å². The minimum atomic E-state index is 0.162. The van der Waals surface area contributed by atoms with Crippen molar-refractivity contribution in [1.82, 2.24) is 4.90 Å². The van der Waals surface area contributed by atoms with Gasteiger partial charge in [0.05, 0.1) is 6.04 Å². The van der Waals surface area contributed by atoms with Crippen molar-refractivity contribution in [2.75, 3.05) is 0 Å². The van der Waals surface area contributed by atoms with Crippen molar-refractivity contribution in [3.8, 4) is 0 Å². The summed E-state index contributed by atoms with van der Waals surface area (Å²) in [6, 6.07) is 4.81. The molecule has 2 aliphatic rings. The molecule has 2 aliphatic heterocycles. The highest BCUT2D eigenvalue weighted by atomic mass is 32.1. The third kappa shape index (κ3) is 2.07. The van der Waals surface area contributed by atoms with E-state index >= 15 is 0 Å². The van der Waals surface area contributed by atoms with Gasteiger partial charge in [-0.2, -0.15) is 0 Å². The Morgan fingerprint density at radius 1 is 1.47 bits per heavy atom. The lowest BCUT2D eigenvalue weighted by Gasteiger charge is -2.30. The molecular weight excluding hydrogens is 230 g/mol. The zero-order valence-corrected chi connectivity index (χ0v) is 10.4. The number of hydrogen-bond donors (Lipinski definition) is 0. The first-order valence-corrected chi connectivity index (χ1v) is 6.93. The van der Waals surface area contributed by atoms with Crippen LogP contribution >= 0.6 is 11.3 Å². The van der Waals surface area contributed by atoms with Crippen LogP contribution in [0.1, 0.15) is 24.1 Å². The molecule has 2 atom stereocenters. The molecule has 1 aromatic rings. The summed E-state index contributed by atoms with van der Waals surface area (Å²) in [6.45, 7) is 0.